The third kappa shape index (κ3) is 3.37. The normalized spacial score (nSPS) is 11.4. The molecule has 0 heterocycles. The number of Topliss-reactive ketones (excluding diaryl/α,β-unsaturated/α-hetero) is 2. The molecule has 0 unspecified atom stereocenters. The van der Waals surface area contributed by atoms with E-state index in [2.05, 4.69) is 0 Å². The number of halogens is 4. The van der Waals surface area contributed by atoms with E-state index in [9.17, 15) is 27.2 Å². The van der Waals surface area contributed by atoms with Gasteiger partial charge in [0.2, 0.25) is 5.78 Å². The van der Waals surface area contributed by atoms with E-state index in [0.717, 1.165) is 18.2 Å². The van der Waals surface area contributed by atoms with Crippen LogP contribution in [-0.2, 0) is 4.79 Å². The molecule has 0 amide bonds. The molecule has 0 N–H and O–H groups in total. The number of carbonyl (C=O) groups excluding carboxylic acids is 2. The molecule has 0 bridgehead atoms. The Balaban J connectivity index is 2.88. The van der Waals surface area contributed by atoms with Gasteiger partial charge in [-0.25, -0.2) is 4.39 Å². The molecule has 1 rings (SSSR count). The summed E-state index contributed by atoms with van der Waals surface area (Å²) in [6.07, 6.45) is -6.28. The van der Waals surface area contributed by atoms with Crippen molar-refractivity contribution in [1.82, 2.24) is 0 Å². The Hall–Kier alpha value is -1.72. The van der Waals surface area contributed by atoms with Gasteiger partial charge >= 0.3 is 6.18 Å². The van der Waals surface area contributed by atoms with E-state index in [4.69, 9.17) is 0 Å². The van der Waals surface area contributed by atoms with Crippen LogP contribution in [-0.4, -0.2) is 17.7 Å². The number of ketones is 2. The van der Waals surface area contributed by atoms with Crippen LogP contribution in [0.15, 0.2) is 18.2 Å². The molecule has 0 saturated heterocycles. The van der Waals surface area contributed by atoms with Gasteiger partial charge in [-0.2, -0.15) is 13.2 Å². The first-order valence-electron chi connectivity index (χ1n) is 4.61. The molecular weight excluding hydrogens is 240 g/mol. The summed E-state index contributed by atoms with van der Waals surface area (Å²) >= 11 is 0. The maximum Gasteiger partial charge on any atom is 0.450 e. The van der Waals surface area contributed by atoms with Crippen LogP contribution >= 0.6 is 0 Å². The first kappa shape index (κ1) is 13.3. The van der Waals surface area contributed by atoms with Crippen molar-refractivity contribution in [1.29, 1.82) is 0 Å². The van der Waals surface area contributed by atoms with Crippen molar-refractivity contribution in [2.75, 3.05) is 0 Å². The van der Waals surface area contributed by atoms with Gasteiger partial charge in [0.1, 0.15) is 5.82 Å². The zero-order valence-corrected chi connectivity index (χ0v) is 8.77. The number of benzene rings is 1. The zero-order valence-electron chi connectivity index (χ0n) is 8.77. The first-order valence-corrected chi connectivity index (χ1v) is 4.61. The molecule has 0 radical (unpaired) electrons. The summed E-state index contributed by atoms with van der Waals surface area (Å²) in [4.78, 5) is 22.0. The second-order valence-corrected chi connectivity index (χ2v) is 3.48. The fraction of sp³-hybridized carbons (Fsp3) is 0.273. The fourth-order valence-electron chi connectivity index (χ4n) is 1.28. The second-order valence-electron chi connectivity index (χ2n) is 3.48. The number of rotatable bonds is 3. The highest BCUT2D eigenvalue weighted by Crippen LogP contribution is 2.20. The van der Waals surface area contributed by atoms with Gasteiger partial charge < -0.3 is 0 Å². The standard InChI is InChI=1S/C11H8F4O2/c1-6-4-7(12)2-3-8(6)9(16)5-10(17)11(13,14)15/h2-4H,5H2,1H3. The Morgan fingerprint density at radius 1 is 1.24 bits per heavy atom. The smallest absolute Gasteiger partial charge is 0.294 e. The predicted molar refractivity (Wildman–Crippen MR) is 51.1 cm³/mol. The summed E-state index contributed by atoms with van der Waals surface area (Å²) in [5, 5.41) is 0. The molecule has 0 aliphatic heterocycles. The zero-order chi connectivity index (χ0) is 13.2. The summed E-state index contributed by atoms with van der Waals surface area (Å²) in [7, 11) is 0. The highest BCUT2D eigenvalue weighted by atomic mass is 19.4. The number of hydrogen-bond donors (Lipinski definition) is 0. The van der Waals surface area contributed by atoms with Crippen LogP contribution in [0.25, 0.3) is 0 Å². The molecule has 17 heavy (non-hydrogen) atoms. The van der Waals surface area contributed by atoms with Gasteiger partial charge in [-0.15, -0.1) is 0 Å². The quantitative estimate of drug-likeness (QED) is 0.468. The minimum Gasteiger partial charge on any atom is -0.294 e. The van der Waals surface area contributed by atoms with Gasteiger partial charge in [-0.05, 0) is 30.7 Å². The van der Waals surface area contributed by atoms with Crippen molar-refractivity contribution in [3.8, 4) is 0 Å². The van der Waals surface area contributed by atoms with E-state index in [-0.39, 0.29) is 11.1 Å². The lowest BCUT2D eigenvalue weighted by Gasteiger charge is -2.06. The van der Waals surface area contributed by atoms with E-state index in [0.29, 0.717) is 0 Å². The monoisotopic (exact) mass is 248 g/mol. The topological polar surface area (TPSA) is 34.1 Å². The van der Waals surface area contributed by atoms with Gasteiger partial charge in [-0.1, -0.05) is 0 Å². The average molecular weight is 248 g/mol. The number of aryl methyl sites for hydroxylation is 1. The van der Waals surface area contributed by atoms with Gasteiger partial charge in [0.15, 0.2) is 5.78 Å². The molecule has 2 nitrogen and oxygen atoms in total. The van der Waals surface area contributed by atoms with Crippen molar-refractivity contribution in [2.24, 2.45) is 0 Å². The lowest BCUT2D eigenvalue weighted by Crippen LogP contribution is -2.25. The third-order valence-electron chi connectivity index (χ3n) is 2.13. The van der Waals surface area contributed by atoms with E-state index >= 15 is 0 Å². The summed E-state index contributed by atoms with van der Waals surface area (Å²) in [5.74, 6) is -3.67. The van der Waals surface area contributed by atoms with Crippen LogP contribution < -0.4 is 0 Å². The molecule has 6 heteroatoms. The van der Waals surface area contributed by atoms with Gasteiger partial charge in [0.25, 0.3) is 0 Å². The maximum atomic E-state index is 12.7. The van der Waals surface area contributed by atoms with E-state index in [1.807, 2.05) is 0 Å². The second kappa shape index (κ2) is 4.65. The number of carbonyl (C=O) groups is 2. The highest BCUT2D eigenvalue weighted by molar-refractivity contribution is 6.10. The lowest BCUT2D eigenvalue weighted by atomic mass is 10.0. The summed E-state index contributed by atoms with van der Waals surface area (Å²) in [6, 6.07) is 3.04. The minimum atomic E-state index is -5.02. The lowest BCUT2D eigenvalue weighted by molar-refractivity contribution is -0.170. The minimum absolute atomic E-state index is 0.0796. The Morgan fingerprint density at radius 2 is 1.82 bits per heavy atom. The van der Waals surface area contributed by atoms with Crippen molar-refractivity contribution >= 4 is 11.6 Å². The molecule has 0 atom stereocenters. The van der Waals surface area contributed by atoms with E-state index < -0.39 is 30.0 Å². The Morgan fingerprint density at radius 3 is 2.29 bits per heavy atom. The molecule has 92 valence electrons. The molecule has 1 aromatic rings. The van der Waals surface area contributed by atoms with Crippen molar-refractivity contribution in [3.05, 3.63) is 35.1 Å². The SMILES string of the molecule is Cc1cc(F)ccc1C(=O)CC(=O)C(F)(F)F. The molecule has 0 saturated carbocycles. The molecule has 0 fully saturated rings. The van der Waals surface area contributed by atoms with Crippen molar-refractivity contribution < 1.29 is 27.2 Å². The molecule has 0 aliphatic carbocycles. The van der Waals surface area contributed by atoms with Crippen molar-refractivity contribution in [2.45, 2.75) is 19.5 Å². The Kier molecular flexibility index (Phi) is 3.65. The van der Waals surface area contributed by atoms with Crippen LogP contribution in [0.5, 0.6) is 0 Å². The molecule has 0 spiro atoms. The summed E-state index contributed by atoms with van der Waals surface area (Å²) in [6.45, 7) is 1.38. The molecule has 0 aromatic heterocycles. The highest BCUT2D eigenvalue weighted by Gasteiger charge is 2.39. The third-order valence-corrected chi connectivity index (χ3v) is 2.13. The van der Waals surface area contributed by atoms with Crippen LogP contribution in [0.4, 0.5) is 17.6 Å². The van der Waals surface area contributed by atoms with Gasteiger partial charge in [-0.3, -0.25) is 9.59 Å². The number of hydrogen-bond acceptors (Lipinski definition) is 2. The van der Waals surface area contributed by atoms with E-state index in [1.54, 1.807) is 0 Å². The Labute approximate surface area is 94.2 Å². The number of alkyl halides is 3. The largest absolute Gasteiger partial charge is 0.450 e. The summed E-state index contributed by atoms with van der Waals surface area (Å²) < 4.78 is 48.5. The molecule has 1 aromatic carbocycles. The summed E-state index contributed by atoms with van der Waals surface area (Å²) in [5.41, 5.74) is 0.119. The average Bonchev–Trinajstić information content (AvgIpc) is 2.15. The molecule has 0 aliphatic rings. The van der Waals surface area contributed by atoms with Gasteiger partial charge in [0, 0.05) is 5.56 Å². The Bertz CT molecular complexity index is 463. The van der Waals surface area contributed by atoms with Gasteiger partial charge in [0.05, 0.1) is 6.42 Å². The van der Waals surface area contributed by atoms with E-state index in [1.165, 1.54) is 6.92 Å². The van der Waals surface area contributed by atoms with Crippen LogP contribution in [0.3, 0.4) is 0 Å². The fourth-order valence-corrected chi connectivity index (χ4v) is 1.28. The van der Waals surface area contributed by atoms with Crippen LogP contribution in [0.1, 0.15) is 22.3 Å². The van der Waals surface area contributed by atoms with Crippen molar-refractivity contribution in [3.63, 3.8) is 0 Å². The predicted octanol–water partition coefficient (Wildman–Crippen LogP) is 2.84. The van der Waals surface area contributed by atoms with Crippen LogP contribution in [0, 0.1) is 12.7 Å². The first-order chi connectivity index (χ1) is 7.71. The maximum absolute atomic E-state index is 12.7. The molecular formula is C11H8F4O2. The van der Waals surface area contributed by atoms with Crippen LogP contribution in [0.2, 0.25) is 0 Å².